The maximum Gasteiger partial charge on any atom is 0.304 e. The van der Waals surface area contributed by atoms with Crippen molar-refractivity contribution < 1.29 is 18.0 Å². The number of aromatic nitrogens is 3. The summed E-state index contributed by atoms with van der Waals surface area (Å²) in [5, 5.41) is 3.27. The van der Waals surface area contributed by atoms with E-state index < -0.39 is 0 Å². The van der Waals surface area contributed by atoms with Gasteiger partial charge in [0.15, 0.2) is 28.5 Å². The van der Waals surface area contributed by atoms with E-state index in [0.717, 1.165) is 90.8 Å². The van der Waals surface area contributed by atoms with Gasteiger partial charge in [-0.1, -0.05) is 131 Å². The lowest BCUT2D eigenvalue weighted by Gasteiger charge is -2.30. The summed E-state index contributed by atoms with van der Waals surface area (Å²) in [6.45, 7) is 16.8. The SMILES string of the molecule is C=C1C2C(CCc3ccc4c(oc5cc6oc(-c7ccccc7)c(C)c6cc54)c3-c3n(-c4c(C(C)C)cc(-c5ccccc5)cc4C(C)C)c4ccccc4[n+]31)c1ccccc1-c1cccc[n+]12. The minimum absolute atomic E-state index is 0.0622. The molecule has 0 radical (unpaired) electrons. The van der Waals surface area contributed by atoms with Crippen LogP contribution in [-0.2, 0) is 6.42 Å². The number of hydrogen-bond acceptors (Lipinski definition) is 2. The van der Waals surface area contributed by atoms with E-state index in [0.29, 0.717) is 0 Å². The van der Waals surface area contributed by atoms with E-state index >= 15 is 0 Å². The van der Waals surface area contributed by atoms with Crippen LogP contribution in [0.4, 0.5) is 0 Å². The molecule has 0 aliphatic carbocycles. The van der Waals surface area contributed by atoms with E-state index in [4.69, 9.17) is 15.4 Å². The van der Waals surface area contributed by atoms with Crippen LogP contribution in [0.25, 0.3) is 100 Å². The summed E-state index contributed by atoms with van der Waals surface area (Å²) in [6.07, 6.45) is 4.05. The Balaban J connectivity index is 1.17. The number of nitrogens with zero attached hydrogens (tertiary/aromatic N) is 3. The van der Waals surface area contributed by atoms with Gasteiger partial charge in [-0.2, -0.15) is 13.7 Å². The molecule has 2 aliphatic heterocycles. The fourth-order valence-corrected chi connectivity index (χ4v) is 11.9. The molecular formula is C63H53N3O2+2. The molecule has 2 aliphatic rings. The number of fused-ring (bicyclic) bond motifs is 16. The molecule has 0 fully saturated rings. The summed E-state index contributed by atoms with van der Waals surface area (Å²) >= 11 is 0. The maximum atomic E-state index is 7.37. The van der Waals surface area contributed by atoms with Gasteiger partial charge in [-0.15, -0.1) is 0 Å². The van der Waals surface area contributed by atoms with Crippen molar-refractivity contribution in [3.63, 3.8) is 0 Å². The Hall–Kier alpha value is -7.76. The van der Waals surface area contributed by atoms with Crippen LogP contribution in [-0.4, -0.2) is 4.57 Å². The number of aryl methyl sites for hydroxylation is 2. The van der Waals surface area contributed by atoms with Crippen LogP contribution < -0.4 is 9.13 Å². The van der Waals surface area contributed by atoms with Gasteiger partial charge < -0.3 is 8.83 Å². The summed E-state index contributed by atoms with van der Waals surface area (Å²) in [5.74, 6) is 2.56. The lowest BCUT2D eigenvalue weighted by Crippen LogP contribution is -2.53. The minimum Gasteiger partial charge on any atom is -0.456 e. The fraction of sp³-hybridized carbons (Fsp3) is 0.175. The third-order valence-corrected chi connectivity index (χ3v) is 15.1. The molecule has 68 heavy (non-hydrogen) atoms. The van der Waals surface area contributed by atoms with Gasteiger partial charge in [0, 0.05) is 62.2 Å². The normalized spacial score (nSPS) is 15.6. The molecule has 0 amide bonds. The van der Waals surface area contributed by atoms with Gasteiger partial charge in [0.1, 0.15) is 28.2 Å². The molecule has 330 valence electrons. The van der Waals surface area contributed by atoms with E-state index in [1.165, 1.54) is 50.3 Å². The highest BCUT2D eigenvalue weighted by molar-refractivity contribution is 6.14. The Morgan fingerprint density at radius 3 is 2.07 bits per heavy atom. The first-order valence-corrected chi connectivity index (χ1v) is 24.3. The predicted molar refractivity (Wildman–Crippen MR) is 277 cm³/mol. The van der Waals surface area contributed by atoms with Gasteiger partial charge in [-0.05, 0) is 103 Å². The van der Waals surface area contributed by atoms with Crippen molar-refractivity contribution in [1.82, 2.24) is 4.57 Å². The Labute approximate surface area is 396 Å². The zero-order valence-electron chi connectivity index (χ0n) is 39.3. The number of para-hydroxylation sites is 2. The molecule has 5 nitrogen and oxygen atoms in total. The Morgan fingerprint density at radius 1 is 0.632 bits per heavy atom. The average Bonchev–Trinajstić information content (AvgIpc) is 4.03. The molecule has 13 rings (SSSR count). The first kappa shape index (κ1) is 40.5. The van der Waals surface area contributed by atoms with Gasteiger partial charge in [0.2, 0.25) is 11.7 Å². The summed E-state index contributed by atoms with van der Waals surface area (Å²) in [5.41, 5.74) is 20.5. The molecule has 2 unspecified atom stereocenters. The van der Waals surface area contributed by atoms with Crippen molar-refractivity contribution in [3.05, 3.63) is 204 Å². The number of hydrogen-bond donors (Lipinski definition) is 0. The third-order valence-electron chi connectivity index (χ3n) is 15.1. The van der Waals surface area contributed by atoms with Crippen LogP contribution in [0.2, 0.25) is 0 Å². The van der Waals surface area contributed by atoms with E-state index in [9.17, 15) is 0 Å². The molecule has 0 N–H and O–H groups in total. The van der Waals surface area contributed by atoms with Crippen LogP contribution in [0.1, 0.15) is 85.7 Å². The van der Waals surface area contributed by atoms with E-state index in [2.05, 4.69) is 212 Å². The molecule has 6 heterocycles. The van der Waals surface area contributed by atoms with E-state index in [1.807, 2.05) is 6.07 Å². The first-order valence-electron chi connectivity index (χ1n) is 24.3. The standard InChI is InChI=1S/C63H53N3O2/c1-37(2)49-33-44(41-19-9-7-10-20-41)34-50(38(3)4)60(49)66-55-27-16-15-26-54(55)65-40(6)59-47(45-23-13-14-24-46(45)53-25-17-18-32-64(53)59)30-28-42-29-31-48-52-35-51-39(5)61(43-21-11-8-12-22-43)67-56(51)36-57(52)68-62(48)58(42)63(65)66/h7-27,29,31-38,47,59H,6,28,30H2,1-5H3/q+2. The number of imidazole rings is 1. The second-order valence-corrected chi connectivity index (χ2v) is 19.7. The zero-order valence-corrected chi connectivity index (χ0v) is 39.3. The van der Waals surface area contributed by atoms with E-state index in [-0.39, 0.29) is 23.8 Å². The van der Waals surface area contributed by atoms with Crippen molar-refractivity contribution in [2.24, 2.45) is 0 Å². The minimum atomic E-state index is -0.0622. The second-order valence-electron chi connectivity index (χ2n) is 19.7. The number of pyridine rings is 1. The molecule has 4 aromatic heterocycles. The molecule has 5 heteroatoms. The summed E-state index contributed by atoms with van der Waals surface area (Å²) in [7, 11) is 0. The van der Waals surface area contributed by atoms with E-state index in [1.54, 1.807) is 0 Å². The lowest BCUT2D eigenvalue weighted by molar-refractivity contribution is -0.724. The number of furan rings is 2. The zero-order chi connectivity index (χ0) is 45.9. The van der Waals surface area contributed by atoms with Crippen LogP contribution in [0, 0.1) is 6.92 Å². The van der Waals surface area contributed by atoms with Crippen molar-refractivity contribution in [2.45, 2.75) is 71.3 Å². The summed E-state index contributed by atoms with van der Waals surface area (Å²) in [4.78, 5) is 0. The number of benzene rings is 7. The topological polar surface area (TPSA) is 39.0 Å². The van der Waals surface area contributed by atoms with Crippen molar-refractivity contribution >= 4 is 49.6 Å². The predicted octanol–water partition coefficient (Wildman–Crippen LogP) is 15.8. The lowest BCUT2D eigenvalue weighted by atomic mass is 9.78. The molecule has 0 spiro atoms. The molecular weight excluding hydrogens is 831 g/mol. The largest absolute Gasteiger partial charge is 0.456 e. The van der Waals surface area contributed by atoms with Crippen LogP contribution >= 0.6 is 0 Å². The summed E-state index contributed by atoms with van der Waals surface area (Å²) in [6, 6.07) is 59.8. The Morgan fingerprint density at radius 2 is 1.31 bits per heavy atom. The van der Waals surface area contributed by atoms with Gasteiger partial charge >= 0.3 is 5.82 Å². The first-order chi connectivity index (χ1) is 33.2. The maximum absolute atomic E-state index is 7.37. The van der Waals surface area contributed by atoms with Gasteiger partial charge in [0.25, 0.3) is 0 Å². The second kappa shape index (κ2) is 15.4. The third kappa shape index (κ3) is 5.94. The van der Waals surface area contributed by atoms with Crippen LogP contribution in [0.5, 0.6) is 0 Å². The van der Waals surface area contributed by atoms with Gasteiger partial charge in [0.05, 0.1) is 5.92 Å². The van der Waals surface area contributed by atoms with Crippen molar-refractivity contribution in [3.8, 4) is 50.8 Å². The Bertz CT molecular complexity index is 3820. The Kier molecular flexibility index (Phi) is 9.17. The highest BCUT2D eigenvalue weighted by Gasteiger charge is 2.48. The molecule has 7 aromatic carbocycles. The van der Waals surface area contributed by atoms with Crippen molar-refractivity contribution in [2.75, 3.05) is 0 Å². The molecule has 11 aromatic rings. The fourth-order valence-electron chi connectivity index (χ4n) is 11.9. The number of rotatable bonds is 5. The highest BCUT2D eigenvalue weighted by Crippen LogP contribution is 2.50. The highest BCUT2D eigenvalue weighted by atomic mass is 16.3. The molecule has 2 atom stereocenters. The molecule has 0 bridgehead atoms. The quantitative estimate of drug-likeness (QED) is 0.162. The van der Waals surface area contributed by atoms with Crippen LogP contribution in [0.3, 0.4) is 0 Å². The monoisotopic (exact) mass is 883 g/mol. The van der Waals surface area contributed by atoms with Crippen molar-refractivity contribution in [1.29, 1.82) is 0 Å². The summed E-state index contributed by atoms with van der Waals surface area (Å²) < 4.78 is 21.7. The smallest absolute Gasteiger partial charge is 0.304 e. The van der Waals surface area contributed by atoms with Gasteiger partial charge in [-0.3, -0.25) is 0 Å². The van der Waals surface area contributed by atoms with Gasteiger partial charge in [-0.25, -0.2) is 0 Å². The molecule has 0 saturated heterocycles. The molecule has 0 saturated carbocycles. The number of allylic oxidation sites excluding steroid dienone is 1. The average molecular weight is 884 g/mol. The van der Waals surface area contributed by atoms with Crippen LogP contribution in [0.15, 0.2) is 185 Å².